The maximum absolute atomic E-state index is 12.8. The molecule has 0 N–H and O–H groups in total. The number of hydrogen-bond donors (Lipinski definition) is 0. The Balaban J connectivity index is 1.61. The highest BCUT2D eigenvalue weighted by Crippen LogP contribution is 2.26. The Morgan fingerprint density at radius 1 is 1.20 bits per heavy atom. The average molecular weight is 353 g/mol. The number of fused-ring (bicyclic) bond motifs is 1. The zero-order valence-corrected chi connectivity index (χ0v) is 14.6. The summed E-state index contributed by atoms with van der Waals surface area (Å²) in [5, 5.41) is 5.06. The molecular weight excluding hydrogens is 336 g/mol. The van der Waals surface area contributed by atoms with E-state index in [1.807, 2.05) is 42.2 Å². The lowest BCUT2D eigenvalue weighted by Gasteiger charge is -2.28. The number of carbonyl (C=O) groups is 1. The lowest BCUT2D eigenvalue weighted by molar-refractivity contribution is 0.0980. The Hall–Kier alpha value is -2.66. The first-order chi connectivity index (χ1) is 12.1. The van der Waals surface area contributed by atoms with Gasteiger partial charge in [-0.25, -0.2) is 0 Å². The minimum absolute atomic E-state index is 0.00759. The van der Waals surface area contributed by atoms with Crippen molar-refractivity contribution in [1.29, 1.82) is 0 Å². The number of halogens is 1. The highest BCUT2D eigenvalue weighted by Gasteiger charge is 2.25. The number of anilines is 1. The Kier molecular flexibility index (Phi) is 4.01. The van der Waals surface area contributed by atoms with Gasteiger partial charge in [-0.1, -0.05) is 11.6 Å². The van der Waals surface area contributed by atoms with Crippen LogP contribution in [0.15, 0.2) is 48.9 Å². The number of aromatic nitrogens is 3. The number of carbonyl (C=O) groups excluding carboxylic acids is 1. The molecule has 0 bridgehead atoms. The van der Waals surface area contributed by atoms with Crippen LogP contribution in [0.1, 0.15) is 27.2 Å². The fourth-order valence-corrected chi connectivity index (χ4v) is 3.34. The molecule has 0 spiro atoms. The second-order valence-corrected chi connectivity index (χ2v) is 6.65. The van der Waals surface area contributed by atoms with Crippen molar-refractivity contribution in [2.24, 2.45) is 0 Å². The summed E-state index contributed by atoms with van der Waals surface area (Å²) in [6.45, 7) is 3.21. The first-order valence-corrected chi connectivity index (χ1v) is 8.52. The summed E-state index contributed by atoms with van der Waals surface area (Å²) in [4.78, 5) is 18.9. The Labute approximate surface area is 150 Å². The zero-order chi connectivity index (χ0) is 17.4. The minimum Gasteiger partial charge on any atom is -0.306 e. The molecule has 0 saturated carbocycles. The molecule has 0 saturated heterocycles. The molecule has 1 aromatic carbocycles. The number of benzene rings is 1. The maximum atomic E-state index is 12.8. The fraction of sp³-hybridized carbons (Fsp3) is 0.211. The summed E-state index contributed by atoms with van der Waals surface area (Å²) in [7, 11) is 0. The zero-order valence-electron chi connectivity index (χ0n) is 13.8. The predicted molar refractivity (Wildman–Crippen MR) is 97.1 cm³/mol. The Morgan fingerprint density at radius 2 is 2.08 bits per heavy atom. The molecule has 0 radical (unpaired) electrons. The summed E-state index contributed by atoms with van der Waals surface area (Å²) < 4.78 is 1.87. The number of pyridine rings is 1. The van der Waals surface area contributed by atoms with E-state index in [0.717, 1.165) is 28.9 Å². The molecule has 1 aliphatic rings. The molecule has 6 heteroatoms. The van der Waals surface area contributed by atoms with E-state index in [4.69, 9.17) is 11.6 Å². The van der Waals surface area contributed by atoms with Gasteiger partial charge in [0.25, 0.3) is 5.91 Å². The van der Waals surface area contributed by atoms with E-state index in [0.29, 0.717) is 23.7 Å². The summed E-state index contributed by atoms with van der Waals surface area (Å²) >= 11 is 6.03. The summed E-state index contributed by atoms with van der Waals surface area (Å²) in [5.74, 6) is -0.00759. The number of rotatable bonds is 3. The lowest BCUT2D eigenvalue weighted by Crippen LogP contribution is -2.37. The molecular formula is C19H17ClN4O. The molecule has 126 valence electrons. The van der Waals surface area contributed by atoms with Crippen molar-refractivity contribution in [1.82, 2.24) is 14.8 Å². The molecule has 0 aliphatic carbocycles. The quantitative estimate of drug-likeness (QED) is 0.725. The molecule has 2 aromatic heterocycles. The van der Waals surface area contributed by atoms with E-state index in [2.05, 4.69) is 10.1 Å². The molecule has 1 amide bonds. The molecule has 5 nitrogen and oxygen atoms in total. The second kappa shape index (κ2) is 6.33. The van der Waals surface area contributed by atoms with Crippen LogP contribution < -0.4 is 4.90 Å². The van der Waals surface area contributed by atoms with Crippen molar-refractivity contribution in [3.63, 3.8) is 0 Å². The minimum atomic E-state index is -0.00759. The SMILES string of the molecule is Cc1ccn(Cc2cncc(N3CCc4cc(Cl)ccc4C3=O)c2)n1. The summed E-state index contributed by atoms with van der Waals surface area (Å²) in [5.41, 5.74) is 4.52. The van der Waals surface area contributed by atoms with Gasteiger partial charge in [0, 0.05) is 29.5 Å². The lowest BCUT2D eigenvalue weighted by atomic mass is 9.98. The van der Waals surface area contributed by atoms with Gasteiger partial charge in [0.15, 0.2) is 0 Å². The topological polar surface area (TPSA) is 51.0 Å². The van der Waals surface area contributed by atoms with Gasteiger partial charge >= 0.3 is 0 Å². The van der Waals surface area contributed by atoms with Crippen LogP contribution in [-0.4, -0.2) is 27.2 Å². The number of aryl methyl sites for hydroxylation is 1. The third-order valence-electron chi connectivity index (χ3n) is 4.36. The van der Waals surface area contributed by atoms with Crippen LogP contribution in [0, 0.1) is 6.92 Å². The first kappa shape index (κ1) is 15.8. The third kappa shape index (κ3) is 3.15. The van der Waals surface area contributed by atoms with Crippen molar-refractivity contribution in [2.45, 2.75) is 19.9 Å². The van der Waals surface area contributed by atoms with E-state index < -0.39 is 0 Å². The van der Waals surface area contributed by atoms with Crippen LogP contribution in [-0.2, 0) is 13.0 Å². The van der Waals surface area contributed by atoms with Gasteiger partial charge in [0.2, 0.25) is 0 Å². The van der Waals surface area contributed by atoms with Crippen LogP contribution in [0.2, 0.25) is 5.02 Å². The van der Waals surface area contributed by atoms with Gasteiger partial charge < -0.3 is 4.90 Å². The van der Waals surface area contributed by atoms with Crippen LogP contribution in [0.3, 0.4) is 0 Å². The molecule has 3 aromatic rings. The molecule has 3 heterocycles. The molecule has 0 atom stereocenters. The monoisotopic (exact) mass is 352 g/mol. The largest absolute Gasteiger partial charge is 0.306 e. The van der Waals surface area contributed by atoms with Gasteiger partial charge in [-0.3, -0.25) is 14.5 Å². The van der Waals surface area contributed by atoms with E-state index >= 15 is 0 Å². The number of hydrogen-bond acceptors (Lipinski definition) is 3. The van der Waals surface area contributed by atoms with Gasteiger partial charge in [-0.2, -0.15) is 5.10 Å². The fourth-order valence-electron chi connectivity index (χ4n) is 3.15. The van der Waals surface area contributed by atoms with Gasteiger partial charge in [-0.15, -0.1) is 0 Å². The van der Waals surface area contributed by atoms with Crippen molar-refractivity contribution in [3.8, 4) is 0 Å². The van der Waals surface area contributed by atoms with Crippen molar-refractivity contribution in [3.05, 3.63) is 76.3 Å². The van der Waals surface area contributed by atoms with Crippen LogP contribution >= 0.6 is 11.6 Å². The molecule has 1 aliphatic heterocycles. The predicted octanol–water partition coefficient (Wildman–Crippen LogP) is 3.49. The van der Waals surface area contributed by atoms with E-state index in [-0.39, 0.29) is 5.91 Å². The highest BCUT2D eigenvalue weighted by molar-refractivity contribution is 6.30. The number of nitrogens with zero attached hydrogens (tertiary/aromatic N) is 4. The van der Waals surface area contributed by atoms with E-state index in [9.17, 15) is 4.79 Å². The van der Waals surface area contributed by atoms with Gasteiger partial charge in [0.05, 0.1) is 24.1 Å². The number of amides is 1. The Morgan fingerprint density at radius 3 is 2.88 bits per heavy atom. The molecule has 25 heavy (non-hydrogen) atoms. The smallest absolute Gasteiger partial charge is 0.258 e. The molecule has 0 fully saturated rings. The van der Waals surface area contributed by atoms with Crippen LogP contribution in [0.5, 0.6) is 0 Å². The van der Waals surface area contributed by atoms with Gasteiger partial charge in [0.1, 0.15) is 0 Å². The standard InChI is InChI=1S/C19H17ClN4O/c1-13-4-6-23(22-13)12-14-8-17(11-21-10-14)24-7-5-15-9-16(20)2-3-18(15)19(24)25/h2-4,6,8-11H,5,7,12H2,1H3. The first-order valence-electron chi connectivity index (χ1n) is 8.14. The van der Waals surface area contributed by atoms with E-state index in [1.165, 1.54) is 0 Å². The molecule has 4 rings (SSSR count). The van der Waals surface area contributed by atoms with Crippen molar-refractivity contribution < 1.29 is 4.79 Å². The van der Waals surface area contributed by atoms with Crippen molar-refractivity contribution >= 4 is 23.2 Å². The normalized spacial score (nSPS) is 13.8. The van der Waals surface area contributed by atoms with Crippen LogP contribution in [0.4, 0.5) is 5.69 Å². The van der Waals surface area contributed by atoms with Crippen molar-refractivity contribution in [2.75, 3.05) is 11.4 Å². The second-order valence-electron chi connectivity index (χ2n) is 6.21. The average Bonchev–Trinajstić information content (AvgIpc) is 3.00. The summed E-state index contributed by atoms with van der Waals surface area (Å²) in [6, 6.07) is 9.41. The highest BCUT2D eigenvalue weighted by atomic mass is 35.5. The Bertz CT molecular complexity index is 950. The molecule has 0 unspecified atom stereocenters. The van der Waals surface area contributed by atoms with Gasteiger partial charge in [-0.05, 0) is 54.8 Å². The van der Waals surface area contributed by atoms with Crippen LogP contribution in [0.25, 0.3) is 0 Å². The summed E-state index contributed by atoms with van der Waals surface area (Å²) in [6.07, 6.45) is 6.26. The maximum Gasteiger partial charge on any atom is 0.258 e. The van der Waals surface area contributed by atoms with E-state index in [1.54, 1.807) is 23.2 Å². The third-order valence-corrected chi connectivity index (χ3v) is 4.59.